The van der Waals surface area contributed by atoms with Gasteiger partial charge in [0.1, 0.15) is 6.04 Å². The average molecular weight is 358 g/mol. The van der Waals surface area contributed by atoms with Crippen LogP contribution < -0.4 is 16.0 Å². The van der Waals surface area contributed by atoms with Gasteiger partial charge in [0, 0.05) is 12.1 Å². The Morgan fingerprint density at radius 1 is 1.35 bits per heavy atom. The fraction of sp³-hybridized carbons (Fsp3) is 0.500. The van der Waals surface area contributed by atoms with E-state index < -0.39 is 11.9 Å². The van der Waals surface area contributed by atoms with Crippen molar-refractivity contribution in [2.45, 2.75) is 44.8 Å². The van der Waals surface area contributed by atoms with E-state index in [9.17, 15) is 9.59 Å². The van der Waals surface area contributed by atoms with Gasteiger partial charge in [0.2, 0.25) is 5.91 Å². The number of nitrogens with one attached hydrogen (secondary N) is 3. The monoisotopic (exact) mass is 357 g/mol. The number of rotatable bonds is 4. The molecule has 2 rings (SSSR count). The lowest BCUT2D eigenvalue weighted by Gasteiger charge is -2.29. The van der Waals surface area contributed by atoms with Crippen LogP contribution in [0.25, 0.3) is 0 Å². The largest absolute Gasteiger partial charge is 0.351 e. The summed E-state index contributed by atoms with van der Waals surface area (Å²) in [6.45, 7) is 4.62. The first kappa shape index (κ1) is 18.0. The summed E-state index contributed by atoms with van der Waals surface area (Å²) >= 11 is 11.9. The standard InChI is InChI=1S/C16H21Cl2N3O2/c1-9-8-11(6-7-19-9)21-15(22)10(2)20-16(23)12-4-3-5-13(17)14(12)18/h3-5,9-11,19H,6-8H2,1-2H3,(H,20,23)(H,21,22). The molecule has 3 unspecified atom stereocenters. The van der Waals surface area contributed by atoms with Crippen LogP contribution in [0.3, 0.4) is 0 Å². The molecular formula is C16H21Cl2N3O2. The zero-order valence-corrected chi connectivity index (χ0v) is 14.7. The van der Waals surface area contributed by atoms with E-state index in [-0.39, 0.29) is 22.5 Å². The summed E-state index contributed by atoms with van der Waals surface area (Å²) in [6, 6.07) is 4.68. The van der Waals surface area contributed by atoms with Gasteiger partial charge in [0.15, 0.2) is 0 Å². The Labute approximate surface area is 146 Å². The summed E-state index contributed by atoms with van der Waals surface area (Å²) < 4.78 is 0. The number of hydrogen-bond acceptors (Lipinski definition) is 3. The van der Waals surface area contributed by atoms with Crippen molar-refractivity contribution in [3.63, 3.8) is 0 Å². The Hall–Kier alpha value is -1.30. The zero-order valence-electron chi connectivity index (χ0n) is 13.2. The van der Waals surface area contributed by atoms with Crippen LogP contribution in [-0.2, 0) is 4.79 Å². The minimum absolute atomic E-state index is 0.132. The van der Waals surface area contributed by atoms with Crippen molar-refractivity contribution >= 4 is 35.0 Å². The second kappa shape index (κ2) is 7.99. The molecule has 0 aromatic heterocycles. The molecule has 0 radical (unpaired) electrons. The van der Waals surface area contributed by atoms with Crippen molar-refractivity contribution < 1.29 is 9.59 Å². The van der Waals surface area contributed by atoms with Crippen molar-refractivity contribution in [2.24, 2.45) is 0 Å². The highest BCUT2D eigenvalue weighted by atomic mass is 35.5. The number of carbonyl (C=O) groups excluding carboxylic acids is 2. The van der Waals surface area contributed by atoms with E-state index >= 15 is 0 Å². The Morgan fingerprint density at radius 3 is 2.78 bits per heavy atom. The number of amides is 2. The summed E-state index contributed by atoms with van der Waals surface area (Å²) in [4.78, 5) is 24.5. The topological polar surface area (TPSA) is 70.2 Å². The van der Waals surface area contributed by atoms with Crippen LogP contribution in [0.4, 0.5) is 0 Å². The lowest BCUT2D eigenvalue weighted by Crippen LogP contribution is -2.52. The third kappa shape index (κ3) is 4.83. The molecule has 1 aromatic rings. The maximum atomic E-state index is 12.2. The molecule has 1 saturated heterocycles. The molecule has 0 saturated carbocycles. The van der Waals surface area contributed by atoms with Crippen LogP contribution in [0.1, 0.15) is 37.0 Å². The number of benzene rings is 1. The maximum absolute atomic E-state index is 12.2. The molecule has 1 heterocycles. The van der Waals surface area contributed by atoms with Gasteiger partial charge in [-0.15, -0.1) is 0 Å². The quantitative estimate of drug-likeness (QED) is 0.774. The van der Waals surface area contributed by atoms with Crippen LogP contribution >= 0.6 is 23.2 Å². The number of carbonyl (C=O) groups is 2. The summed E-state index contributed by atoms with van der Waals surface area (Å²) in [5.74, 6) is -0.616. The highest BCUT2D eigenvalue weighted by Gasteiger charge is 2.24. The predicted octanol–water partition coefficient (Wildman–Crippen LogP) is 2.37. The molecule has 0 bridgehead atoms. The Balaban J connectivity index is 1.92. The average Bonchev–Trinajstić information content (AvgIpc) is 2.49. The fourth-order valence-corrected chi connectivity index (χ4v) is 2.99. The summed E-state index contributed by atoms with van der Waals surface area (Å²) in [5, 5.41) is 9.46. The number of hydrogen-bond donors (Lipinski definition) is 3. The second-order valence-electron chi connectivity index (χ2n) is 5.88. The summed E-state index contributed by atoms with van der Waals surface area (Å²) in [7, 11) is 0. The zero-order chi connectivity index (χ0) is 17.0. The van der Waals surface area contributed by atoms with E-state index in [1.54, 1.807) is 25.1 Å². The highest BCUT2D eigenvalue weighted by Crippen LogP contribution is 2.25. The highest BCUT2D eigenvalue weighted by molar-refractivity contribution is 6.43. The van der Waals surface area contributed by atoms with Crippen LogP contribution in [0, 0.1) is 0 Å². The molecule has 1 aliphatic heterocycles. The molecule has 0 spiro atoms. The van der Waals surface area contributed by atoms with E-state index in [0.29, 0.717) is 11.1 Å². The first-order valence-electron chi connectivity index (χ1n) is 7.67. The molecular weight excluding hydrogens is 337 g/mol. The van der Waals surface area contributed by atoms with Crippen LogP contribution in [0.2, 0.25) is 10.0 Å². The van der Waals surface area contributed by atoms with E-state index in [2.05, 4.69) is 22.9 Å². The number of halogens is 2. The first-order valence-corrected chi connectivity index (χ1v) is 8.42. The van der Waals surface area contributed by atoms with Gasteiger partial charge in [-0.3, -0.25) is 9.59 Å². The van der Waals surface area contributed by atoms with Gasteiger partial charge in [-0.25, -0.2) is 0 Å². The minimum atomic E-state index is -0.650. The van der Waals surface area contributed by atoms with Gasteiger partial charge >= 0.3 is 0 Å². The van der Waals surface area contributed by atoms with Gasteiger partial charge in [0.25, 0.3) is 5.91 Å². The van der Waals surface area contributed by atoms with Crippen LogP contribution in [-0.4, -0.2) is 36.5 Å². The second-order valence-corrected chi connectivity index (χ2v) is 6.67. The van der Waals surface area contributed by atoms with Crippen molar-refractivity contribution in [1.29, 1.82) is 0 Å². The normalized spacial score (nSPS) is 22.3. The molecule has 126 valence electrons. The molecule has 23 heavy (non-hydrogen) atoms. The Kier molecular flexibility index (Phi) is 6.27. The maximum Gasteiger partial charge on any atom is 0.253 e. The fourth-order valence-electron chi connectivity index (χ4n) is 2.61. The van der Waals surface area contributed by atoms with E-state index in [0.717, 1.165) is 19.4 Å². The van der Waals surface area contributed by atoms with Crippen molar-refractivity contribution in [2.75, 3.05) is 6.54 Å². The summed E-state index contributed by atoms with van der Waals surface area (Å²) in [6.07, 6.45) is 1.77. The molecule has 3 atom stereocenters. The molecule has 7 heteroatoms. The van der Waals surface area contributed by atoms with Crippen molar-refractivity contribution in [1.82, 2.24) is 16.0 Å². The SMILES string of the molecule is CC1CC(NC(=O)C(C)NC(=O)c2cccc(Cl)c2Cl)CCN1. The molecule has 2 amide bonds. The van der Waals surface area contributed by atoms with E-state index in [1.165, 1.54) is 0 Å². The molecule has 0 aliphatic carbocycles. The predicted molar refractivity (Wildman–Crippen MR) is 92.0 cm³/mol. The molecule has 1 fully saturated rings. The third-order valence-electron chi connectivity index (χ3n) is 3.91. The molecule has 1 aromatic carbocycles. The number of piperidine rings is 1. The van der Waals surface area contributed by atoms with E-state index in [1.807, 2.05) is 0 Å². The Morgan fingerprint density at radius 2 is 2.09 bits per heavy atom. The minimum Gasteiger partial charge on any atom is -0.351 e. The van der Waals surface area contributed by atoms with Gasteiger partial charge in [-0.05, 0) is 45.4 Å². The lowest BCUT2D eigenvalue weighted by atomic mass is 10.0. The van der Waals surface area contributed by atoms with Crippen LogP contribution in [0.15, 0.2) is 18.2 Å². The van der Waals surface area contributed by atoms with E-state index in [4.69, 9.17) is 23.2 Å². The van der Waals surface area contributed by atoms with Crippen molar-refractivity contribution in [3.8, 4) is 0 Å². The Bertz CT molecular complexity index is 595. The summed E-state index contributed by atoms with van der Waals surface area (Å²) in [5.41, 5.74) is 0.259. The first-order chi connectivity index (χ1) is 10.9. The van der Waals surface area contributed by atoms with Crippen LogP contribution in [0.5, 0.6) is 0 Å². The van der Waals surface area contributed by atoms with Gasteiger partial charge in [-0.2, -0.15) is 0 Å². The molecule has 1 aliphatic rings. The smallest absolute Gasteiger partial charge is 0.253 e. The van der Waals surface area contributed by atoms with Gasteiger partial charge in [0.05, 0.1) is 15.6 Å². The molecule has 3 N–H and O–H groups in total. The van der Waals surface area contributed by atoms with Crippen molar-refractivity contribution in [3.05, 3.63) is 33.8 Å². The third-order valence-corrected chi connectivity index (χ3v) is 4.73. The lowest BCUT2D eigenvalue weighted by molar-refractivity contribution is -0.123. The van der Waals surface area contributed by atoms with Gasteiger partial charge in [-0.1, -0.05) is 29.3 Å². The molecule has 5 nitrogen and oxygen atoms in total. The van der Waals surface area contributed by atoms with Gasteiger partial charge < -0.3 is 16.0 Å².